The molecule has 0 heterocycles. The van der Waals surface area contributed by atoms with Crippen LogP contribution < -0.4 is 5.32 Å². The van der Waals surface area contributed by atoms with Crippen LogP contribution in [0.25, 0.3) is 0 Å². The van der Waals surface area contributed by atoms with Gasteiger partial charge in [0.25, 0.3) is 5.91 Å². The zero-order valence-electron chi connectivity index (χ0n) is 18.8. The second kappa shape index (κ2) is 9.47. The highest BCUT2D eigenvalue weighted by Gasteiger charge is 2.42. The van der Waals surface area contributed by atoms with E-state index in [2.05, 4.69) is 66.0 Å². The Morgan fingerprint density at radius 1 is 1.14 bits per heavy atom. The summed E-state index contributed by atoms with van der Waals surface area (Å²) in [5, 5.41) is 12.7. The topological polar surface area (TPSA) is 62.1 Å². The summed E-state index contributed by atoms with van der Waals surface area (Å²) >= 11 is 1.60. The maximum Gasteiger partial charge on any atom is 0.252 e. The summed E-state index contributed by atoms with van der Waals surface area (Å²) in [7, 11) is -2.03. The van der Waals surface area contributed by atoms with E-state index in [1.54, 1.807) is 23.9 Å². The summed E-state index contributed by atoms with van der Waals surface area (Å²) in [6.07, 6.45) is -0.276. The Hall–Kier alpha value is -1.29. The molecule has 0 aliphatic rings. The number of hydrogen-bond donors (Lipinski definition) is 1. The van der Waals surface area contributed by atoms with Gasteiger partial charge in [0.05, 0.1) is 17.5 Å². The summed E-state index contributed by atoms with van der Waals surface area (Å²) in [5.74, 6) is -0.617. The number of rotatable bonds is 7. The van der Waals surface area contributed by atoms with E-state index in [1.165, 1.54) is 0 Å². The van der Waals surface area contributed by atoms with Gasteiger partial charge in [-0.1, -0.05) is 59.7 Å². The van der Waals surface area contributed by atoms with Crippen LogP contribution >= 0.6 is 11.8 Å². The molecule has 0 radical (unpaired) electrons. The molecule has 4 nitrogen and oxygen atoms in total. The minimum atomic E-state index is -2.03. The van der Waals surface area contributed by atoms with Crippen molar-refractivity contribution in [3.8, 4) is 6.07 Å². The van der Waals surface area contributed by atoms with Gasteiger partial charge in [0.15, 0.2) is 8.32 Å². The van der Waals surface area contributed by atoms with Crippen LogP contribution in [0.5, 0.6) is 0 Å². The van der Waals surface area contributed by atoms with E-state index in [4.69, 9.17) is 4.43 Å². The lowest BCUT2D eigenvalue weighted by atomic mass is 10.1. The number of thioether (sulfide) groups is 1. The first-order valence-corrected chi connectivity index (χ1v) is 13.6. The maximum atomic E-state index is 12.8. The van der Waals surface area contributed by atoms with Crippen molar-refractivity contribution in [2.24, 2.45) is 5.92 Å². The molecule has 0 aliphatic carbocycles. The van der Waals surface area contributed by atoms with E-state index < -0.39 is 14.2 Å². The number of carbonyl (C=O) groups excluding carboxylic acids is 1. The monoisotopic (exact) mass is 420 g/mol. The van der Waals surface area contributed by atoms with E-state index in [1.807, 2.05) is 25.1 Å². The molecule has 0 spiro atoms. The van der Waals surface area contributed by atoms with Gasteiger partial charge in [0, 0.05) is 10.3 Å². The van der Waals surface area contributed by atoms with Crippen LogP contribution in [-0.4, -0.2) is 30.4 Å². The van der Waals surface area contributed by atoms with E-state index in [0.29, 0.717) is 5.56 Å². The van der Waals surface area contributed by atoms with Crippen molar-refractivity contribution in [2.45, 2.75) is 82.8 Å². The van der Waals surface area contributed by atoms with Crippen LogP contribution in [0.3, 0.4) is 0 Å². The fourth-order valence-electron chi connectivity index (χ4n) is 2.51. The average molecular weight is 421 g/mol. The second-order valence-corrected chi connectivity index (χ2v) is 16.5. The number of hydrogen-bond acceptors (Lipinski definition) is 4. The summed E-state index contributed by atoms with van der Waals surface area (Å²) in [6, 6.07) is 11.5. The Morgan fingerprint density at radius 2 is 1.68 bits per heavy atom. The Morgan fingerprint density at radius 3 is 2.11 bits per heavy atom. The van der Waals surface area contributed by atoms with Crippen molar-refractivity contribution in [2.75, 3.05) is 0 Å². The number of nitrogens with one attached hydrogen (secondary N) is 1. The number of nitriles is 1. The van der Waals surface area contributed by atoms with Gasteiger partial charge in [-0.2, -0.15) is 5.26 Å². The van der Waals surface area contributed by atoms with Crippen LogP contribution in [0.2, 0.25) is 18.1 Å². The van der Waals surface area contributed by atoms with Crippen LogP contribution in [0.15, 0.2) is 30.3 Å². The van der Waals surface area contributed by atoms with Gasteiger partial charge in [-0.05, 0) is 37.2 Å². The normalized spacial score (nSPS) is 16.0. The molecule has 1 rings (SSSR count). The molecule has 1 aromatic carbocycles. The molecule has 0 bridgehead atoms. The fourth-order valence-corrected chi connectivity index (χ4v) is 5.30. The lowest BCUT2D eigenvalue weighted by Crippen LogP contribution is -2.49. The number of carbonyl (C=O) groups is 1. The van der Waals surface area contributed by atoms with Crippen LogP contribution in [0, 0.1) is 17.2 Å². The second-order valence-electron chi connectivity index (χ2n) is 9.73. The molecular weight excluding hydrogens is 384 g/mol. The summed E-state index contributed by atoms with van der Waals surface area (Å²) in [6.45, 7) is 19.2. The van der Waals surface area contributed by atoms with Gasteiger partial charge in [0.1, 0.15) is 5.92 Å². The van der Waals surface area contributed by atoms with Crippen molar-refractivity contribution in [1.29, 1.82) is 5.26 Å². The van der Waals surface area contributed by atoms with Crippen LogP contribution in [-0.2, 0) is 4.43 Å². The van der Waals surface area contributed by atoms with Crippen molar-refractivity contribution in [1.82, 2.24) is 5.32 Å². The molecule has 28 heavy (non-hydrogen) atoms. The lowest BCUT2D eigenvalue weighted by molar-refractivity contribution is 0.0924. The highest BCUT2D eigenvalue weighted by molar-refractivity contribution is 8.01. The van der Waals surface area contributed by atoms with E-state index >= 15 is 0 Å². The fraction of sp³-hybridized carbons (Fsp3) is 0.636. The van der Waals surface area contributed by atoms with Gasteiger partial charge in [-0.3, -0.25) is 4.79 Å². The summed E-state index contributed by atoms with van der Waals surface area (Å²) in [4.78, 5) is 12.8. The van der Waals surface area contributed by atoms with Crippen LogP contribution in [0.4, 0.5) is 0 Å². The Kier molecular flexibility index (Phi) is 8.37. The van der Waals surface area contributed by atoms with E-state index in [9.17, 15) is 10.1 Å². The molecule has 1 N–H and O–H groups in total. The third kappa shape index (κ3) is 7.27. The molecule has 0 fully saturated rings. The first-order chi connectivity index (χ1) is 12.7. The third-order valence-electron chi connectivity index (χ3n) is 5.06. The largest absolute Gasteiger partial charge is 0.413 e. The Balaban J connectivity index is 3.09. The zero-order chi connectivity index (χ0) is 21.8. The first kappa shape index (κ1) is 24.7. The molecule has 1 aromatic rings. The van der Waals surface area contributed by atoms with Crippen molar-refractivity contribution >= 4 is 26.0 Å². The zero-order valence-corrected chi connectivity index (χ0v) is 20.6. The predicted octanol–water partition coefficient (Wildman–Crippen LogP) is 5.82. The number of nitrogens with zero attached hydrogens (tertiary/aromatic N) is 1. The smallest absolute Gasteiger partial charge is 0.252 e. The van der Waals surface area contributed by atoms with Crippen molar-refractivity contribution in [3.63, 3.8) is 0 Å². The van der Waals surface area contributed by atoms with Crippen LogP contribution in [0.1, 0.15) is 58.8 Å². The SMILES string of the molecule is C[C@@H](O[Si](C)(C)C(C)(C)C)[C@@H](C#N)[C@@H](NC(=O)c1ccccc1)SC(C)(C)C. The highest BCUT2D eigenvalue weighted by atomic mass is 32.2. The summed E-state index contributed by atoms with van der Waals surface area (Å²) in [5.41, 5.74) is 0.594. The number of benzene rings is 1. The highest BCUT2D eigenvalue weighted by Crippen LogP contribution is 2.39. The molecule has 1 amide bonds. The molecular formula is C22H36N2O2SSi. The summed E-state index contributed by atoms with van der Waals surface area (Å²) < 4.78 is 6.38. The molecule has 0 aliphatic heterocycles. The standard InChI is InChI=1S/C22H36N2O2SSi/c1-16(26-28(8,9)22(5,6)7)18(15-23)20(27-21(2,3)4)24-19(25)17-13-11-10-12-14-17/h10-14,16,18,20H,1-9H3,(H,24,25)/t16-,18-,20+/m1/s1. The van der Waals surface area contributed by atoms with Gasteiger partial charge >= 0.3 is 0 Å². The van der Waals surface area contributed by atoms with Gasteiger partial charge in [0.2, 0.25) is 0 Å². The minimum Gasteiger partial charge on any atom is -0.413 e. The van der Waals surface area contributed by atoms with Gasteiger partial charge in [-0.25, -0.2) is 0 Å². The Labute approximate surface area is 176 Å². The van der Waals surface area contributed by atoms with Crippen molar-refractivity contribution < 1.29 is 9.22 Å². The van der Waals surface area contributed by atoms with Crippen molar-refractivity contribution in [3.05, 3.63) is 35.9 Å². The Bertz CT molecular complexity index is 687. The third-order valence-corrected chi connectivity index (χ3v) is 11.0. The minimum absolute atomic E-state index is 0.0568. The molecule has 0 saturated carbocycles. The predicted molar refractivity (Wildman–Crippen MR) is 122 cm³/mol. The lowest BCUT2D eigenvalue weighted by Gasteiger charge is -2.41. The molecule has 3 atom stereocenters. The van der Waals surface area contributed by atoms with E-state index in [-0.39, 0.29) is 27.2 Å². The molecule has 0 saturated heterocycles. The number of amides is 1. The quantitative estimate of drug-likeness (QED) is 0.445. The molecule has 0 aromatic heterocycles. The molecule has 0 unspecified atom stereocenters. The van der Waals surface area contributed by atoms with E-state index in [0.717, 1.165) is 0 Å². The first-order valence-electron chi connectivity index (χ1n) is 9.79. The maximum absolute atomic E-state index is 12.8. The molecule has 6 heteroatoms. The van der Waals surface area contributed by atoms with Gasteiger partial charge < -0.3 is 9.74 Å². The van der Waals surface area contributed by atoms with Gasteiger partial charge in [-0.15, -0.1) is 11.8 Å². The molecule has 156 valence electrons. The average Bonchev–Trinajstić information content (AvgIpc) is 2.53.